The zero-order chi connectivity index (χ0) is 19.2. The Morgan fingerprint density at radius 1 is 1.15 bits per heavy atom. The van der Waals surface area contributed by atoms with Gasteiger partial charge in [0.15, 0.2) is 0 Å². The number of fused-ring (bicyclic) bond motifs is 4. The molecular weight excluding hydrogens is 324 g/mol. The minimum Gasteiger partial charge on any atom is -0.0859 e. The third-order valence-corrected chi connectivity index (χ3v) is 9.30. The average molecular weight is 367 g/mol. The molecule has 5 atom stereocenters. The Morgan fingerprint density at radius 3 is 2.74 bits per heavy atom. The lowest BCUT2D eigenvalue weighted by molar-refractivity contribution is 0.0954. The number of rotatable bonds is 4. The van der Waals surface area contributed by atoms with Crippen molar-refractivity contribution in [2.45, 2.75) is 105 Å². The predicted octanol–water partition coefficient (Wildman–Crippen LogP) is 8.40. The Morgan fingerprint density at radius 2 is 1.96 bits per heavy atom. The first-order chi connectivity index (χ1) is 12.9. The molecule has 0 aromatic heterocycles. The Labute approximate surface area is 168 Å². The maximum atomic E-state index is 2.69. The van der Waals surface area contributed by atoms with Crippen LogP contribution in [-0.2, 0) is 0 Å². The summed E-state index contributed by atoms with van der Waals surface area (Å²) >= 11 is 0. The van der Waals surface area contributed by atoms with E-state index in [-0.39, 0.29) is 0 Å². The van der Waals surface area contributed by atoms with E-state index in [1.54, 1.807) is 5.57 Å². The fourth-order valence-electron chi connectivity index (χ4n) is 7.80. The average Bonchev–Trinajstić information content (AvgIpc) is 2.98. The lowest BCUT2D eigenvalue weighted by Gasteiger charge is -2.52. The molecule has 4 aliphatic rings. The summed E-state index contributed by atoms with van der Waals surface area (Å²) in [7, 11) is 0. The van der Waals surface area contributed by atoms with Crippen molar-refractivity contribution < 1.29 is 0 Å². The summed E-state index contributed by atoms with van der Waals surface area (Å²) in [6.45, 7) is 12.3. The molecule has 1 saturated carbocycles. The topological polar surface area (TPSA) is 0 Å². The van der Waals surface area contributed by atoms with Crippen LogP contribution in [0.2, 0.25) is 0 Å². The summed E-state index contributed by atoms with van der Waals surface area (Å²) in [5, 5.41) is 0. The van der Waals surface area contributed by atoms with Gasteiger partial charge in [-0.05, 0) is 108 Å². The fourth-order valence-corrected chi connectivity index (χ4v) is 7.80. The van der Waals surface area contributed by atoms with Gasteiger partial charge in [0.2, 0.25) is 0 Å². The third-order valence-electron chi connectivity index (χ3n) is 9.30. The van der Waals surface area contributed by atoms with Gasteiger partial charge in [-0.25, -0.2) is 0 Å². The van der Waals surface area contributed by atoms with Crippen LogP contribution in [0.3, 0.4) is 0 Å². The van der Waals surface area contributed by atoms with Gasteiger partial charge in [0.05, 0.1) is 0 Å². The number of hydrogen-bond donors (Lipinski definition) is 0. The van der Waals surface area contributed by atoms with Gasteiger partial charge in [-0.2, -0.15) is 0 Å². The minimum absolute atomic E-state index is 0.445. The zero-order valence-electron chi connectivity index (χ0n) is 18.7. The van der Waals surface area contributed by atoms with Gasteiger partial charge in [0.25, 0.3) is 0 Å². The van der Waals surface area contributed by atoms with Crippen LogP contribution in [0.25, 0.3) is 0 Å². The molecule has 4 aliphatic carbocycles. The van der Waals surface area contributed by atoms with E-state index in [0.29, 0.717) is 10.8 Å². The van der Waals surface area contributed by atoms with Crippen LogP contribution in [0.15, 0.2) is 34.4 Å². The number of allylic oxidation sites excluding steroid dienone is 6. The monoisotopic (exact) mass is 366 g/mol. The van der Waals surface area contributed by atoms with E-state index in [1.807, 2.05) is 11.1 Å². The maximum Gasteiger partial charge on any atom is 0.00952 e. The summed E-state index contributed by atoms with van der Waals surface area (Å²) in [5.41, 5.74) is 8.18. The van der Waals surface area contributed by atoms with Crippen LogP contribution >= 0.6 is 0 Å². The van der Waals surface area contributed by atoms with Crippen LogP contribution < -0.4 is 0 Å². The molecule has 0 heteroatoms. The predicted molar refractivity (Wildman–Crippen MR) is 118 cm³/mol. The molecule has 27 heavy (non-hydrogen) atoms. The second kappa shape index (κ2) is 7.23. The van der Waals surface area contributed by atoms with E-state index in [2.05, 4.69) is 46.8 Å². The Bertz CT molecular complexity index is 670. The number of hydrogen-bond acceptors (Lipinski definition) is 0. The highest BCUT2D eigenvalue weighted by molar-refractivity contribution is 5.42. The standard InChI is InChI=1S/C27H42/c1-19(2)9-8-10-20(3)23-14-15-24-22-13-12-21-11-6-7-17-26(21,4)25(22)16-18-27(23,24)5/h9,11,20,23-24H,6-8,10,12-18H2,1-5H3/t20-,23-,24+,26+,27-/m1/s1. The highest BCUT2D eigenvalue weighted by Crippen LogP contribution is 2.65. The van der Waals surface area contributed by atoms with Crippen LogP contribution in [0.4, 0.5) is 0 Å². The molecule has 0 aromatic rings. The second-order valence-electron chi connectivity index (χ2n) is 11.0. The summed E-state index contributed by atoms with van der Waals surface area (Å²) in [6, 6.07) is 0. The molecule has 0 nitrogen and oxygen atoms in total. The van der Waals surface area contributed by atoms with Gasteiger partial charge in [-0.15, -0.1) is 0 Å². The van der Waals surface area contributed by atoms with Crippen LogP contribution in [0.1, 0.15) is 105 Å². The summed E-state index contributed by atoms with van der Waals surface area (Å²) < 4.78 is 0. The van der Waals surface area contributed by atoms with Crippen molar-refractivity contribution in [1.29, 1.82) is 0 Å². The minimum atomic E-state index is 0.445. The van der Waals surface area contributed by atoms with Crippen molar-refractivity contribution in [2.24, 2.45) is 28.6 Å². The highest BCUT2D eigenvalue weighted by Gasteiger charge is 2.54. The zero-order valence-corrected chi connectivity index (χ0v) is 18.7. The first-order valence-corrected chi connectivity index (χ1v) is 11.9. The molecule has 0 heterocycles. The Balaban J connectivity index is 1.57. The van der Waals surface area contributed by atoms with E-state index in [1.165, 1.54) is 76.2 Å². The molecule has 0 aliphatic heterocycles. The molecule has 0 unspecified atom stereocenters. The van der Waals surface area contributed by atoms with E-state index >= 15 is 0 Å². The summed E-state index contributed by atoms with van der Waals surface area (Å²) in [4.78, 5) is 0. The quantitative estimate of drug-likeness (QED) is 0.438. The van der Waals surface area contributed by atoms with Gasteiger partial charge in [0.1, 0.15) is 0 Å². The Hall–Kier alpha value is -0.780. The lowest BCUT2D eigenvalue weighted by atomic mass is 9.53. The first kappa shape index (κ1) is 19.5. The van der Waals surface area contributed by atoms with Gasteiger partial charge >= 0.3 is 0 Å². The summed E-state index contributed by atoms with van der Waals surface area (Å²) in [5.74, 6) is 2.72. The molecular formula is C27H42. The lowest BCUT2D eigenvalue weighted by Crippen LogP contribution is -2.41. The molecule has 0 radical (unpaired) electrons. The van der Waals surface area contributed by atoms with Crippen molar-refractivity contribution in [3.05, 3.63) is 34.4 Å². The molecule has 0 spiro atoms. The molecule has 1 fully saturated rings. The van der Waals surface area contributed by atoms with Crippen LogP contribution in [0.5, 0.6) is 0 Å². The van der Waals surface area contributed by atoms with Crippen molar-refractivity contribution in [3.63, 3.8) is 0 Å². The molecule has 0 saturated heterocycles. The van der Waals surface area contributed by atoms with E-state index < -0.39 is 0 Å². The normalized spacial score (nSPS) is 39.2. The van der Waals surface area contributed by atoms with Gasteiger partial charge in [-0.1, -0.05) is 55.2 Å². The van der Waals surface area contributed by atoms with Gasteiger partial charge in [-0.3, -0.25) is 0 Å². The van der Waals surface area contributed by atoms with Crippen molar-refractivity contribution in [2.75, 3.05) is 0 Å². The molecule has 0 N–H and O–H groups in total. The highest BCUT2D eigenvalue weighted by atomic mass is 14.6. The second-order valence-corrected chi connectivity index (χ2v) is 11.0. The smallest absolute Gasteiger partial charge is 0.00952 e. The largest absolute Gasteiger partial charge is 0.0859 e. The van der Waals surface area contributed by atoms with E-state index in [0.717, 1.165) is 17.8 Å². The SMILES string of the molecule is CC(C)=CCC[C@@H](C)[C@H]1CC[C@H]2C3=C(CC[C@]12C)[C@@]1(C)CCCC=C1CC3. The van der Waals surface area contributed by atoms with Gasteiger partial charge in [0, 0.05) is 5.41 Å². The maximum absolute atomic E-state index is 2.69. The molecule has 0 aromatic carbocycles. The summed E-state index contributed by atoms with van der Waals surface area (Å²) in [6.07, 6.45) is 20.4. The van der Waals surface area contributed by atoms with Crippen molar-refractivity contribution in [3.8, 4) is 0 Å². The van der Waals surface area contributed by atoms with Crippen LogP contribution in [0, 0.1) is 28.6 Å². The van der Waals surface area contributed by atoms with Crippen molar-refractivity contribution >= 4 is 0 Å². The van der Waals surface area contributed by atoms with Gasteiger partial charge < -0.3 is 0 Å². The third kappa shape index (κ3) is 3.20. The molecule has 150 valence electrons. The first-order valence-electron chi connectivity index (χ1n) is 11.9. The molecule has 4 rings (SSSR count). The van der Waals surface area contributed by atoms with Crippen LogP contribution in [-0.4, -0.2) is 0 Å². The molecule has 0 bridgehead atoms. The molecule has 0 amide bonds. The Kier molecular flexibility index (Phi) is 5.23. The van der Waals surface area contributed by atoms with Crippen molar-refractivity contribution in [1.82, 2.24) is 0 Å². The van der Waals surface area contributed by atoms with E-state index in [9.17, 15) is 0 Å². The van der Waals surface area contributed by atoms with E-state index in [4.69, 9.17) is 0 Å². The fraction of sp³-hybridized carbons (Fsp3) is 0.778.